The monoisotopic (exact) mass is 279 g/mol. The maximum Gasteiger partial charge on any atom is 0.147 e. The van der Waals surface area contributed by atoms with Gasteiger partial charge < -0.3 is 10.2 Å². The van der Waals surface area contributed by atoms with Crippen LogP contribution in [-0.2, 0) is 6.54 Å². The Morgan fingerprint density at radius 2 is 2.21 bits per heavy atom. The number of pyridine rings is 1. The topological polar surface area (TPSA) is 28.2 Å². The standard InChI is InChI=1S/C15H22ClN3/c1-17-9-11-8-13(16)15(18-10-11)19-7-3-5-12-4-2-6-14(12)19/h8,10,12,14,17H,2-7,9H2,1H3. The molecule has 0 radical (unpaired) electrons. The van der Waals surface area contributed by atoms with E-state index in [0.717, 1.165) is 35.4 Å². The summed E-state index contributed by atoms with van der Waals surface area (Å²) in [4.78, 5) is 7.10. The molecule has 3 rings (SSSR count). The van der Waals surface area contributed by atoms with E-state index >= 15 is 0 Å². The van der Waals surface area contributed by atoms with Crippen molar-refractivity contribution >= 4 is 17.4 Å². The summed E-state index contributed by atoms with van der Waals surface area (Å²) in [6, 6.07) is 2.73. The van der Waals surface area contributed by atoms with E-state index in [2.05, 4.69) is 21.3 Å². The summed E-state index contributed by atoms with van der Waals surface area (Å²) in [5.41, 5.74) is 1.15. The Labute approximate surface area is 120 Å². The highest BCUT2D eigenvalue weighted by Crippen LogP contribution is 2.40. The molecule has 1 N–H and O–H groups in total. The minimum Gasteiger partial charge on any atom is -0.352 e. The van der Waals surface area contributed by atoms with Crippen LogP contribution in [0, 0.1) is 5.92 Å². The number of fused-ring (bicyclic) bond motifs is 1. The zero-order valence-corrected chi connectivity index (χ0v) is 12.3. The number of nitrogens with zero attached hydrogens (tertiary/aromatic N) is 2. The second-order valence-electron chi connectivity index (χ2n) is 5.77. The van der Waals surface area contributed by atoms with Crippen molar-refractivity contribution in [3.8, 4) is 0 Å². The molecule has 1 aromatic heterocycles. The fraction of sp³-hybridized carbons (Fsp3) is 0.667. The van der Waals surface area contributed by atoms with Crippen molar-refractivity contribution in [2.75, 3.05) is 18.5 Å². The summed E-state index contributed by atoms with van der Waals surface area (Å²) in [5, 5.41) is 3.94. The summed E-state index contributed by atoms with van der Waals surface area (Å²) in [7, 11) is 1.94. The van der Waals surface area contributed by atoms with E-state index < -0.39 is 0 Å². The molecule has 2 atom stereocenters. The van der Waals surface area contributed by atoms with Crippen LogP contribution in [0.15, 0.2) is 12.3 Å². The molecule has 2 fully saturated rings. The van der Waals surface area contributed by atoms with Crippen LogP contribution in [0.5, 0.6) is 0 Å². The third-order valence-electron chi connectivity index (χ3n) is 4.52. The van der Waals surface area contributed by atoms with Crippen molar-refractivity contribution in [1.29, 1.82) is 0 Å². The number of aromatic nitrogens is 1. The molecule has 1 aliphatic carbocycles. The van der Waals surface area contributed by atoms with Crippen molar-refractivity contribution in [3.63, 3.8) is 0 Å². The first-order chi connectivity index (χ1) is 9.29. The van der Waals surface area contributed by atoms with E-state index in [1.165, 1.54) is 32.1 Å². The molecule has 2 aliphatic rings. The molecule has 0 amide bonds. The Bertz CT molecular complexity index is 449. The average Bonchev–Trinajstić information content (AvgIpc) is 2.88. The van der Waals surface area contributed by atoms with E-state index in [4.69, 9.17) is 11.6 Å². The number of piperidine rings is 1. The predicted octanol–water partition coefficient (Wildman–Crippen LogP) is 3.22. The van der Waals surface area contributed by atoms with Gasteiger partial charge in [0.05, 0.1) is 5.02 Å². The molecular weight excluding hydrogens is 258 g/mol. The van der Waals surface area contributed by atoms with Gasteiger partial charge >= 0.3 is 0 Å². The molecule has 1 aromatic rings. The van der Waals surface area contributed by atoms with Gasteiger partial charge in [-0.15, -0.1) is 0 Å². The molecule has 1 aliphatic heterocycles. The summed E-state index contributed by atoms with van der Waals surface area (Å²) in [6.07, 6.45) is 8.67. The van der Waals surface area contributed by atoms with E-state index in [1.54, 1.807) is 0 Å². The Hall–Kier alpha value is -0.800. The van der Waals surface area contributed by atoms with Crippen molar-refractivity contribution in [3.05, 3.63) is 22.8 Å². The summed E-state index contributed by atoms with van der Waals surface area (Å²) in [5.74, 6) is 1.86. The SMILES string of the molecule is CNCc1cnc(N2CCCC3CCCC32)c(Cl)c1. The quantitative estimate of drug-likeness (QED) is 0.921. The fourth-order valence-corrected chi connectivity index (χ4v) is 4.00. The van der Waals surface area contributed by atoms with Gasteiger partial charge in [-0.25, -0.2) is 4.98 Å². The Kier molecular flexibility index (Phi) is 3.94. The number of hydrogen-bond acceptors (Lipinski definition) is 3. The minimum absolute atomic E-state index is 0.675. The maximum absolute atomic E-state index is 6.46. The van der Waals surface area contributed by atoms with Crippen LogP contribution in [0.3, 0.4) is 0 Å². The van der Waals surface area contributed by atoms with Crippen molar-refractivity contribution < 1.29 is 0 Å². The number of rotatable bonds is 3. The van der Waals surface area contributed by atoms with Gasteiger partial charge in [-0.05, 0) is 50.3 Å². The first-order valence-corrected chi connectivity index (χ1v) is 7.73. The number of halogens is 1. The molecule has 0 aromatic carbocycles. The van der Waals surface area contributed by atoms with Gasteiger partial charge in [0.15, 0.2) is 0 Å². The lowest BCUT2D eigenvalue weighted by Crippen LogP contribution is -2.43. The third-order valence-corrected chi connectivity index (χ3v) is 4.80. The molecule has 0 spiro atoms. The lowest BCUT2D eigenvalue weighted by atomic mass is 9.92. The van der Waals surface area contributed by atoms with Gasteiger partial charge in [0, 0.05) is 25.3 Å². The largest absolute Gasteiger partial charge is 0.352 e. The van der Waals surface area contributed by atoms with Crippen molar-refractivity contribution in [2.45, 2.75) is 44.7 Å². The van der Waals surface area contributed by atoms with Crippen LogP contribution in [0.25, 0.3) is 0 Å². The Balaban J connectivity index is 1.84. The Morgan fingerprint density at radius 3 is 3.00 bits per heavy atom. The van der Waals surface area contributed by atoms with Crippen molar-refractivity contribution in [2.24, 2.45) is 5.92 Å². The highest BCUT2D eigenvalue weighted by Gasteiger charge is 2.36. The highest BCUT2D eigenvalue weighted by molar-refractivity contribution is 6.33. The van der Waals surface area contributed by atoms with Crippen LogP contribution in [0.1, 0.15) is 37.7 Å². The van der Waals surface area contributed by atoms with Crippen LogP contribution in [-0.4, -0.2) is 24.6 Å². The number of nitrogens with one attached hydrogen (secondary N) is 1. The minimum atomic E-state index is 0.675. The lowest BCUT2D eigenvalue weighted by molar-refractivity contribution is 0.360. The van der Waals surface area contributed by atoms with Gasteiger partial charge in [-0.2, -0.15) is 0 Å². The Morgan fingerprint density at radius 1 is 1.37 bits per heavy atom. The molecule has 3 nitrogen and oxygen atoms in total. The predicted molar refractivity (Wildman–Crippen MR) is 79.7 cm³/mol. The second-order valence-corrected chi connectivity index (χ2v) is 6.18. The fourth-order valence-electron chi connectivity index (χ4n) is 3.70. The zero-order valence-electron chi connectivity index (χ0n) is 11.5. The summed E-state index contributed by atoms with van der Waals surface area (Å²) >= 11 is 6.46. The van der Waals surface area contributed by atoms with Crippen LogP contribution < -0.4 is 10.2 Å². The van der Waals surface area contributed by atoms with Gasteiger partial charge in [-0.3, -0.25) is 0 Å². The van der Waals surface area contributed by atoms with Crippen molar-refractivity contribution in [1.82, 2.24) is 10.3 Å². The van der Waals surface area contributed by atoms with Gasteiger partial charge in [0.2, 0.25) is 0 Å². The van der Waals surface area contributed by atoms with E-state index in [-0.39, 0.29) is 0 Å². The smallest absolute Gasteiger partial charge is 0.147 e. The first kappa shape index (κ1) is 13.2. The van der Waals surface area contributed by atoms with Crippen LogP contribution in [0.2, 0.25) is 5.02 Å². The molecule has 1 saturated heterocycles. The van der Waals surface area contributed by atoms with E-state index in [9.17, 15) is 0 Å². The van der Waals surface area contributed by atoms with E-state index in [1.807, 2.05) is 13.2 Å². The lowest BCUT2D eigenvalue weighted by Gasteiger charge is -2.39. The molecule has 0 bridgehead atoms. The maximum atomic E-state index is 6.46. The molecule has 19 heavy (non-hydrogen) atoms. The molecule has 1 saturated carbocycles. The van der Waals surface area contributed by atoms with Crippen LogP contribution >= 0.6 is 11.6 Å². The van der Waals surface area contributed by atoms with Gasteiger partial charge in [-0.1, -0.05) is 18.0 Å². The first-order valence-electron chi connectivity index (χ1n) is 7.35. The van der Waals surface area contributed by atoms with Gasteiger partial charge in [0.1, 0.15) is 5.82 Å². The average molecular weight is 280 g/mol. The van der Waals surface area contributed by atoms with E-state index in [0.29, 0.717) is 6.04 Å². The number of anilines is 1. The normalized spacial score (nSPS) is 26.5. The molecule has 104 valence electrons. The molecule has 2 heterocycles. The molecular formula is C15H22ClN3. The summed E-state index contributed by atoms with van der Waals surface area (Å²) in [6.45, 7) is 1.93. The second kappa shape index (κ2) is 5.68. The molecule has 4 heteroatoms. The third kappa shape index (κ3) is 2.59. The van der Waals surface area contributed by atoms with Crippen LogP contribution in [0.4, 0.5) is 5.82 Å². The highest BCUT2D eigenvalue weighted by atomic mass is 35.5. The number of hydrogen-bond donors (Lipinski definition) is 1. The zero-order chi connectivity index (χ0) is 13.2. The molecule has 2 unspecified atom stereocenters. The van der Waals surface area contributed by atoms with Gasteiger partial charge in [0.25, 0.3) is 0 Å². The summed E-state index contributed by atoms with van der Waals surface area (Å²) < 4.78 is 0.